The summed E-state index contributed by atoms with van der Waals surface area (Å²) in [7, 11) is 1.54. The fraction of sp³-hybridized carbons (Fsp3) is 0.333. The van der Waals surface area contributed by atoms with Crippen LogP contribution in [0, 0.1) is 0 Å². The fourth-order valence-corrected chi connectivity index (χ4v) is 2.14. The summed E-state index contributed by atoms with van der Waals surface area (Å²) in [5.74, 6) is -0.155. The number of carbonyl (C=O) groups excluding carboxylic acids is 2. The average molecular weight is 282 g/mol. The molecular formula is C12H12BrNO2. The maximum atomic E-state index is 11.6. The van der Waals surface area contributed by atoms with Crippen molar-refractivity contribution >= 4 is 27.7 Å². The lowest BCUT2D eigenvalue weighted by molar-refractivity contribution is -0.146. The number of nitrogens with zero attached hydrogens (tertiary/aromatic N) is 1. The van der Waals surface area contributed by atoms with Gasteiger partial charge in [0.25, 0.3) is 0 Å². The molecule has 1 aromatic rings. The minimum absolute atomic E-state index is 0.0318. The molecule has 0 atom stereocenters. The largest absolute Gasteiger partial charge is 0.286 e. The van der Waals surface area contributed by atoms with Crippen molar-refractivity contribution < 1.29 is 9.59 Å². The zero-order chi connectivity index (χ0) is 11.7. The number of piperidine rings is 1. The molecule has 1 heterocycles. The first kappa shape index (κ1) is 11.3. The number of rotatable bonds is 1. The van der Waals surface area contributed by atoms with Gasteiger partial charge in [-0.2, -0.15) is 0 Å². The first-order valence-corrected chi connectivity index (χ1v) is 5.92. The van der Waals surface area contributed by atoms with Gasteiger partial charge in [-0.05, 0) is 17.7 Å². The summed E-state index contributed by atoms with van der Waals surface area (Å²) < 4.78 is 1.00. The van der Waals surface area contributed by atoms with Crippen molar-refractivity contribution in [2.45, 2.75) is 18.8 Å². The van der Waals surface area contributed by atoms with E-state index in [9.17, 15) is 9.59 Å². The Hall–Kier alpha value is -1.16. The first-order valence-electron chi connectivity index (χ1n) is 5.13. The average Bonchev–Trinajstić information content (AvgIpc) is 2.26. The van der Waals surface area contributed by atoms with Gasteiger partial charge in [0.2, 0.25) is 11.8 Å². The number of imide groups is 1. The Bertz CT molecular complexity index is 409. The van der Waals surface area contributed by atoms with E-state index in [0.717, 1.165) is 10.0 Å². The molecule has 0 aromatic heterocycles. The molecule has 4 heteroatoms. The molecule has 0 aliphatic carbocycles. The molecule has 2 rings (SSSR count). The van der Waals surface area contributed by atoms with Crippen LogP contribution in [0.25, 0.3) is 0 Å². The Labute approximate surface area is 103 Å². The van der Waals surface area contributed by atoms with Gasteiger partial charge in [0.15, 0.2) is 0 Å². The van der Waals surface area contributed by atoms with E-state index < -0.39 is 0 Å². The smallest absolute Gasteiger partial charge is 0.229 e. The standard InChI is InChI=1S/C12H12BrNO2/c1-14-11(15)6-9(7-12(14)16)8-2-4-10(13)5-3-8/h2-5,9H,6-7H2,1H3. The minimum Gasteiger partial charge on any atom is -0.286 e. The molecule has 0 spiro atoms. The van der Waals surface area contributed by atoms with Crippen LogP contribution in [0.3, 0.4) is 0 Å². The Morgan fingerprint density at radius 2 is 1.62 bits per heavy atom. The van der Waals surface area contributed by atoms with Gasteiger partial charge < -0.3 is 0 Å². The van der Waals surface area contributed by atoms with Crippen LogP contribution in [0.1, 0.15) is 24.3 Å². The minimum atomic E-state index is -0.0934. The number of benzene rings is 1. The van der Waals surface area contributed by atoms with Gasteiger partial charge in [-0.1, -0.05) is 28.1 Å². The van der Waals surface area contributed by atoms with E-state index in [0.29, 0.717) is 12.8 Å². The number of hydrogen-bond donors (Lipinski definition) is 0. The number of carbonyl (C=O) groups is 2. The van der Waals surface area contributed by atoms with Crippen LogP contribution in [0.2, 0.25) is 0 Å². The predicted molar refractivity (Wildman–Crippen MR) is 63.9 cm³/mol. The van der Waals surface area contributed by atoms with Crippen LogP contribution in [0.15, 0.2) is 28.7 Å². The summed E-state index contributed by atoms with van der Waals surface area (Å²) in [6.07, 6.45) is 0.841. The highest BCUT2D eigenvalue weighted by Crippen LogP contribution is 2.29. The van der Waals surface area contributed by atoms with Crippen LogP contribution in [0.4, 0.5) is 0 Å². The zero-order valence-electron chi connectivity index (χ0n) is 8.94. The van der Waals surface area contributed by atoms with Crippen LogP contribution in [0.5, 0.6) is 0 Å². The van der Waals surface area contributed by atoms with Gasteiger partial charge in [0.1, 0.15) is 0 Å². The normalized spacial score (nSPS) is 18.0. The first-order chi connectivity index (χ1) is 7.58. The molecule has 2 amide bonds. The molecule has 1 aliphatic rings. The lowest BCUT2D eigenvalue weighted by Gasteiger charge is -2.27. The Balaban J connectivity index is 2.20. The summed E-state index contributed by atoms with van der Waals surface area (Å²) in [6.45, 7) is 0. The fourth-order valence-electron chi connectivity index (χ4n) is 1.88. The van der Waals surface area contributed by atoms with Crippen molar-refractivity contribution in [1.29, 1.82) is 0 Å². The quantitative estimate of drug-likeness (QED) is 0.741. The number of amides is 2. The summed E-state index contributed by atoms with van der Waals surface area (Å²) in [5.41, 5.74) is 1.05. The maximum absolute atomic E-state index is 11.6. The van der Waals surface area contributed by atoms with E-state index in [1.54, 1.807) is 7.05 Å². The second-order valence-corrected chi connectivity index (χ2v) is 4.92. The second kappa shape index (κ2) is 4.37. The van der Waals surface area contributed by atoms with Crippen molar-refractivity contribution in [2.75, 3.05) is 7.05 Å². The highest BCUT2D eigenvalue weighted by molar-refractivity contribution is 9.10. The van der Waals surface area contributed by atoms with Crippen molar-refractivity contribution in [1.82, 2.24) is 4.90 Å². The predicted octanol–water partition coefficient (Wildman–Crippen LogP) is 2.31. The highest BCUT2D eigenvalue weighted by atomic mass is 79.9. The molecule has 16 heavy (non-hydrogen) atoms. The molecule has 1 aromatic carbocycles. The molecule has 3 nitrogen and oxygen atoms in total. The zero-order valence-corrected chi connectivity index (χ0v) is 10.5. The highest BCUT2D eigenvalue weighted by Gasteiger charge is 2.30. The third kappa shape index (κ3) is 2.16. The Morgan fingerprint density at radius 3 is 2.12 bits per heavy atom. The SMILES string of the molecule is CN1C(=O)CC(c2ccc(Br)cc2)CC1=O. The third-order valence-corrected chi connectivity index (χ3v) is 3.46. The number of hydrogen-bond acceptors (Lipinski definition) is 2. The molecule has 0 N–H and O–H groups in total. The van der Waals surface area contributed by atoms with Crippen molar-refractivity contribution in [2.24, 2.45) is 0 Å². The lowest BCUT2D eigenvalue weighted by Crippen LogP contribution is -2.39. The molecule has 1 saturated heterocycles. The summed E-state index contributed by atoms with van der Waals surface area (Å²) in [5, 5.41) is 0. The van der Waals surface area contributed by atoms with Gasteiger partial charge >= 0.3 is 0 Å². The topological polar surface area (TPSA) is 37.4 Å². The van der Waals surface area contributed by atoms with Crippen LogP contribution >= 0.6 is 15.9 Å². The van der Waals surface area contributed by atoms with Crippen molar-refractivity contribution in [3.05, 3.63) is 34.3 Å². The second-order valence-electron chi connectivity index (χ2n) is 4.00. The van der Waals surface area contributed by atoms with E-state index in [2.05, 4.69) is 15.9 Å². The van der Waals surface area contributed by atoms with Crippen molar-refractivity contribution in [3.8, 4) is 0 Å². The summed E-state index contributed by atoms with van der Waals surface area (Å²) in [6, 6.07) is 7.78. The van der Waals surface area contributed by atoms with E-state index in [-0.39, 0.29) is 17.7 Å². The molecule has 84 valence electrons. The van der Waals surface area contributed by atoms with Gasteiger partial charge in [-0.15, -0.1) is 0 Å². The van der Waals surface area contributed by atoms with Crippen LogP contribution in [-0.2, 0) is 9.59 Å². The molecule has 0 unspecified atom stereocenters. The monoisotopic (exact) mass is 281 g/mol. The molecule has 1 aliphatic heterocycles. The van der Waals surface area contributed by atoms with Crippen LogP contribution in [-0.4, -0.2) is 23.8 Å². The van der Waals surface area contributed by atoms with E-state index in [1.807, 2.05) is 24.3 Å². The maximum Gasteiger partial charge on any atom is 0.229 e. The molecular weight excluding hydrogens is 270 g/mol. The molecule has 0 radical (unpaired) electrons. The third-order valence-electron chi connectivity index (χ3n) is 2.93. The number of likely N-dealkylation sites (tertiary alicyclic amines) is 1. The van der Waals surface area contributed by atoms with E-state index in [4.69, 9.17) is 0 Å². The van der Waals surface area contributed by atoms with Crippen LogP contribution < -0.4 is 0 Å². The molecule has 1 fully saturated rings. The van der Waals surface area contributed by atoms with Gasteiger partial charge in [-0.3, -0.25) is 14.5 Å². The van der Waals surface area contributed by atoms with Gasteiger partial charge in [-0.25, -0.2) is 0 Å². The Morgan fingerprint density at radius 1 is 1.12 bits per heavy atom. The summed E-state index contributed by atoms with van der Waals surface area (Å²) >= 11 is 3.36. The van der Waals surface area contributed by atoms with Gasteiger partial charge in [0, 0.05) is 30.3 Å². The number of halogens is 1. The van der Waals surface area contributed by atoms with Crippen molar-refractivity contribution in [3.63, 3.8) is 0 Å². The summed E-state index contributed by atoms with van der Waals surface area (Å²) in [4.78, 5) is 24.3. The van der Waals surface area contributed by atoms with E-state index in [1.165, 1.54) is 4.90 Å². The lowest BCUT2D eigenvalue weighted by atomic mass is 9.89. The van der Waals surface area contributed by atoms with Gasteiger partial charge in [0.05, 0.1) is 0 Å². The molecule has 0 saturated carbocycles. The molecule has 0 bridgehead atoms. The van der Waals surface area contributed by atoms with E-state index >= 15 is 0 Å². The Kier molecular flexibility index (Phi) is 3.10.